The number of likely N-dealkylation sites (N-methyl/N-ethyl adjacent to an activating group) is 1. The van der Waals surface area contributed by atoms with E-state index in [-0.39, 0.29) is 17.9 Å². The summed E-state index contributed by atoms with van der Waals surface area (Å²) in [5.41, 5.74) is 0.175. The molecule has 1 saturated carbocycles. The van der Waals surface area contributed by atoms with Gasteiger partial charge >= 0.3 is 6.03 Å². The van der Waals surface area contributed by atoms with Crippen molar-refractivity contribution in [2.75, 3.05) is 13.6 Å². The van der Waals surface area contributed by atoms with Crippen LogP contribution in [-0.2, 0) is 4.79 Å². The molecule has 0 radical (unpaired) electrons. The number of urea groups is 1. The fourth-order valence-electron chi connectivity index (χ4n) is 3.96. The zero-order valence-corrected chi connectivity index (χ0v) is 21.4. The van der Waals surface area contributed by atoms with Gasteiger partial charge in [0, 0.05) is 28.7 Å². The Morgan fingerprint density at radius 2 is 1.67 bits per heavy atom. The van der Waals surface area contributed by atoms with Gasteiger partial charge < -0.3 is 16.0 Å². The number of rotatable bonds is 6. The predicted octanol–water partition coefficient (Wildman–Crippen LogP) is 6.58. The number of amides is 3. The fourth-order valence-corrected chi connectivity index (χ4v) is 4.67. The van der Waals surface area contributed by atoms with Gasteiger partial charge in [0.2, 0.25) is 5.91 Å². The lowest BCUT2D eigenvalue weighted by molar-refractivity contribution is -0.128. The summed E-state index contributed by atoms with van der Waals surface area (Å²) in [5.74, 6) is 0.103. The molecule has 5 nitrogen and oxygen atoms in total. The highest BCUT2D eigenvalue weighted by Gasteiger charge is 2.43. The van der Waals surface area contributed by atoms with E-state index in [1.165, 1.54) is 0 Å². The molecule has 0 spiro atoms. The van der Waals surface area contributed by atoms with Crippen LogP contribution >= 0.6 is 34.8 Å². The highest BCUT2D eigenvalue weighted by molar-refractivity contribution is 6.35. The number of carbonyl (C=O) groups excluding carboxylic acids is 2. The number of hydrogen-bond acceptors (Lipinski definition) is 2. The second-order valence-corrected chi connectivity index (χ2v) is 9.41. The van der Waals surface area contributed by atoms with Crippen LogP contribution in [0.2, 0.25) is 15.1 Å². The topological polar surface area (TPSA) is 70.2 Å². The van der Waals surface area contributed by atoms with Crippen LogP contribution in [0.5, 0.6) is 0 Å². The lowest BCUT2D eigenvalue weighted by atomic mass is 9.73. The summed E-state index contributed by atoms with van der Waals surface area (Å²) in [4.78, 5) is 24.7. The predicted molar refractivity (Wildman–Crippen MR) is 137 cm³/mol. The minimum absolute atomic E-state index is 0.149. The average Bonchev–Trinajstić information content (AvgIpc) is 2.80. The molecule has 0 aliphatic heterocycles. The maximum atomic E-state index is 12.5. The molecule has 0 aromatic heterocycles. The Bertz CT molecular complexity index is 901. The Kier molecular flexibility index (Phi) is 11.3. The van der Waals surface area contributed by atoms with Gasteiger partial charge in [-0.15, -0.1) is 0 Å². The molecule has 0 heterocycles. The molecular formula is C25H32Cl3N3O2. The van der Waals surface area contributed by atoms with E-state index >= 15 is 0 Å². The van der Waals surface area contributed by atoms with Gasteiger partial charge in [-0.3, -0.25) is 4.79 Å². The molecule has 1 fully saturated rings. The standard InChI is InChI=1S/C19H27Cl2N3O2.C6H5Cl/c1-3-4-11-23-18(26)24-19(17(25)22-2)9-7-13(8-10-19)15-6-5-14(20)12-16(15)21;7-6-4-2-1-3-5-6/h5-6,12-13H,3-4,7-11H2,1-2H3,(H,22,25)(H2,23,24,26);1-5H. The zero-order valence-electron chi connectivity index (χ0n) is 19.1. The third kappa shape index (κ3) is 8.40. The van der Waals surface area contributed by atoms with Crippen molar-refractivity contribution in [3.8, 4) is 0 Å². The highest BCUT2D eigenvalue weighted by atomic mass is 35.5. The van der Waals surface area contributed by atoms with E-state index in [4.69, 9.17) is 34.8 Å². The Morgan fingerprint density at radius 3 is 2.18 bits per heavy atom. The van der Waals surface area contributed by atoms with Gasteiger partial charge in [-0.1, -0.05) is 72.4 Å². The van der Waals surface area contributed by atoms with Crippen LogP contribution in [0, 0.1) is 0 Å². The molecule has 8 heteroatoms. The van der Waals surface area contributed by atoms with Gasteiger partial charge in [-0.05, 0) is 67.9 Å². The zero-order chi connectivity index (χ0) is 24.3. The summed E-state index contributed by atoms with van der Waals surface area (Å²) >= 11 is 17.9. The van der Waals surface area contributed by atoms with Crippen molar-refractivity contribution in [1.29, 1.82) is 0 Å². The normalized spacial score (nSPS) is 19.6. The molecule has 3 rings (SSSR count). The minimum atomic E-state index is -0.875. The van der Waals surface area contributed by atoms with Crippen LogP contribution in [0.4, 0.5) is 4.79 Å². The molecule has 3 amide bonds. The lowest BCUT2D eigenvalue weighted by Crippen LogP contribution is -2.61. The molecule has 0 saturated heterocycles. The van der Waals surface area contributed by atoms with Gasteiger partial charge in [-0.2, -0.15) is 0 Å². The first kappa shape index (κ1) is 27.3. The van der Waals surface area contributed by atoms with Crippen LogP contribution in [0.15, 0.2) is 48.5 Å². The van der Waals surface area contributed by atoms with Crippen molar-refractivity contribution in [3.05, 3.63) is 69.2 Å². The van der Waals surface area contributed by atoms with Gasteiger partial charge in [0.25, 0.3) is 0 Å². The Hall–Kier alpha value is -1.95. The monoisotopic (exact) mass is 511 g/mol. The van der Waals surface area contributed by atoms with Crippen molar-refractivity contribution in [2.45, 2.75) is 56.9 Å². The molecule has 3 N–H and O–H groups in total. The maximum absolute atomic E-state index is 12.5. The second kappa shape index (κ2) is 13.7. The second-order valence-electron chi connectivity index (χ2n) is 8.13. The number of carbonyl (C=O) groups is 2. The quantitative estimate of drug-likeness (QED) is 0.383. The van der Waals surface area contributed by atoms with Gasteiger partial charge in [-0.25, -0.2) is 4.79 Å². The van der Waals surface area contributed by atoms with E-state index in [2.05, 4.69) is 22.9 Å². The van der Waals surface area contributed by atoms with Crippen molar-refractivity contribution in [1.82, 2.24) is 16.0 Å². The SMILES string of the molecule is CCCCNC(=O)NC1(C(=O)NC)CCC(c2ccc(Cl)cc2Cl)CC1.Clc1ccccc1. The summed E-state index contributed by atoms with van der Waals surface area (Å²) in [5, 5.41) is 10.5. The van der Waals surface area contributed by atoms with E-state index in [1.807, 2.05) is 42.5 Å². The van der Waals surface area contributed by atoms with E-state index in [1.54, 1.807) is 13.1 Å². The van der Waals surface area contributed by atoms with Crippen molar-refractivity contribution in [2.24, 2.45) is 0 Å². The first-order valence-corrected chi connectivity index (χ1v) is 12.4. The van der Waals surface area contributed by atoms with Crippen LogP contribution < -0.4 is 16.0 Å². The highest BCUT2D eigenvalue weighted by Crippen LogP contribution is 2.41. The molecule has 2 aromatic rings. The third-order valence-electron chi connectivity index (χ3n) is 5.80. The van der Waals surface area contributed by atoms with Crippen LogP contribution in [0.1, 0.15) is 56.9 Å². The Labute approximate surface area is 211 Å². The molecule has 1 aliphatic rings. The van der Waals surface area contributed by atoms with E-state index in [0.717, 1.165) is 36.3 Å². The first-order valence-electron chi connectivity index (χ1n) is 11.2. The number of nitrogens with one attached hydrogen (secondary N) is 3. The number of unbranched alkanes of at least 4 members (excludes halogenated alkanes) is 1. The van der Waals surface area contributed by atoms with Crippen LogP contribution in [0.3, 0.4) is 0 Å². The van der Waals surface area contributed by atoms with E-state index < -0.39 is 5.54 Å². The molecular weight excluding hydrogens is 481 g/mol. The van der Waals surface area contributed by atoms with Crippen LogP contribution in [0.25, 0.3) is 0 Å². The number of hydrogen-bond donors (Lipinski definition) is 3. The first-order chi connectivity index (χ1) is 15.8. The summed E-state index contributed by atoms with van der Waals surface area (Å²) < 4.78 is 0. The minimum Gasteiger partial charge on any atom is -0.357 e. The fraction of sp³-hybridized carbons (Fsp3) is 0.440. The van der Waals surface area contributed by atoms with Crippen molar-refractivity contribution < 1.29 is 9.59 Å². The lowest BCUT2D eigenvalue weighted by Gasteiger charge is -2.39. The van der Waals surface area contributed by atoms with E-state index in [0.29, 0.717) is 29.4 Å². The molecule has 2 aromatic carbocycles. The van der Waals surface area contributed by atoms with Gasteiger partial charge in [0.1, 0.15) is 5.54 Å². The molecule has 33 heavy (non-hydrogen) atoms. The van der Waals surface area contributed by atoms with Crippen molar-refractivity contribution in [3.63, 3.8) is 0 Å². The summed E-state index contributed by atoms with van der Waals surface area (Å²) in [6, 6.07) is 14.7. The molecule has 180 valence electrons. The summed E-state index contributed by atoms with van der Waals surface area (Å²) in [6.07, 6.45) is 4.59. The number of halogens is 3. The molecule has 0 unspecified atom stereocenters. The average molecular weight is 513 g/mol. The summed E-state index contributed by atoms with van der Waals surface area (Å²) in [7, 11) is 1.60. The van der Waals surface area contributed by atoms with Gasteiger partial charge in [0.05, 0.1) is 0 Å². The Morgan fingerprint density at radius 1 is 1.00 bits per heavy atom. The largest absolute Gasteiger partial charge is 0.357 e. The van der Waals surface area contributed by atoms with Gasteiger partial charge in [0.15, 0.2) is 0 Å². The maximum Gasteiger partial charge on any atom is 0.315 e. The molecule has 0 atom stereocenters. The number of benzene rings is 2. The van der Waals surface area contributed by atoms with E-state index in [9.17, 15) is 9.59 Å². The molecule has 0 bridgehead atoms. The summed E-state index contributed by atoms with van der Waals surface area (Å²) in [6.45, 7) is 2.67. The smallest absolute Gasteiger partial charge is 0.315 e. The molecule has 1 aliphatic carbocycles. The third-order valence-corrected chi connectivity index (χ3v) is 6.62. The Balaban J connectivity index is 0.000000468. The van der Waals surface area contributed by atoms with Crippen molar-refractivity contribution >= 4 is 46.7 Å². The van der Waals surface area contributed by atoms with Crippen LogP contribution in [-0.4, -0.2) is 31.1 Å².